The summed E-state index contributed by atoms with van der Waals surface area (Å²) in [4.78, 5) is 41.3. The van der Waals surface area contributed by atoms with Crippen molar-refractivity contribution in [2.75, 3.05) is 19.5 Å². The second-order valence-corrected chi connectivity index (χ2v) is 6.98. The second-order valence-electron chi connectivity index (χ2n) is 6.98. The molecule has 2 N–H and O–H groups in total. The molecule has 0 fully saturated rings. The fourth-order valence-electron chi connectivity index (χ4n) is 3.07. The molecule has 180 valence electrons. The number of pyridine rings is 1. The number of carbonyl (C=O) groups is 1. The van der Waals surface area contributed by atoms with Crippen molar-refractivity contribution in [2.24, 2.45) is 7.05 Å². The van der Waals surface area contributed by atoms with Crippen LogP contribution in [-0.2, 0) is 7.05 Å². The number of fused-ring (bicyclic) bond motifs is 1. The van der Waals surface area contributed by atoms with Crippen LogP contribution in [0.1, 0.15) is 0 Å². The smallest absolute Gasteiger partial charge is 0.418 e. The molecule has 0 aliphatic carbocycles. The van der Waals surface area contributed by atoms with Crippen molar-refractivity contribution < 1.29 is 28.1 Å². The molecule has 0 radical (unpaired) electrons. The van der Waals surface area contributed by atoms with E-state index in [4.69, 9.17) is 18.9 Å². The molecule has 4 rings (SSSR count). The zero-order valence-electron chi connectivity index (χ0n) is 18.6. The Morgan fingerprint density at radius 3 is 2.49 bits per heavy atom. The van der Waals surface area contributed by atoms with E-state index in [1.54, 1.807) is 18.2 Å². The Hall–Kier alpha value is -4.94. The van der Waals surface area contributed by atoms with Gasteiger partial charge in [0.2, 0.25) is 0 Å². The van der Waals surface area contributed by atoms with Gasteiger partial charge in [0.1, 0.15) is 5.75 Å². The molecule has 0 unspecified atom stereocenters. The summed E-state index contributed by atoms with van der Waals surface area (Å²) in [7, 11) is 4.25. The molecule has 13 heteroatoms. The van der Waals surface area contributed by atoms with Crippen LogP contribution >= 0.6 is 0 Å². The predicted octanol–water partition coefficient (Wildman–Crippen LogP) is 2.58. The quantitative estimate of drug-likeness (QED) is 0.422. The molecule has 4 aromatic rings. The van der Waals surface area contributed by atoms with Crippen LogP contribution < -0.4 is 35.5 Å². The number of hydrogen-bond donors (Lipinski definition) is 2. The first-order chi connectivity index (χ1) is 16.8. The Kier molecular flexibility index (Phi) is 6.31. The highest BCUT2D eigenvalue weighted by Gasteiger charge is 2.15. The molecule has 0 atom stereocenters. The first kappa shape index (κ1) is 23.2. The zero-order chi connectivity index (χ0) is 25.1. The number of aromatic nitrogens is 4. The fourth-order valence-corrected chi connectivity index (χ4v) is 3.07. The van der Waals surface area contributed by atoms with Crippen molar-refractivity contribution in [3.8, 4) is 28.9 Å². The minimum atomic E-state index is -1.11. The average Bonchev–Trinajstić information content (AvgIpc) is 2.83. The van der Waals surface area contributed by atoms with Crippen molar-refractivity contribution in [3.05, 3.63) is 69.3 Å². The summed E-state index contributed by atoms with van der Waals surface area (Å²) < 4.78 is 36.7. The predicted molar refractivity (Wildman–Crippen MR) is 121 cm³/mol. The van der Waals surface area contributed by atoms with E-state index in [0.29, 0.717) is 28.2 Å². The summed E-state index contributed by atoms with van der Waals surface area (Å²) in [6.07, 6.45) is 0.388. The van der Waals surface area contributed by atoms with Gasteiger partial charge in [-0.15, -0.1) is 5.10 Å². The highest BCUT2D eigenvalue weighted by atomic mass is 19.1. The van der Waals surface area contributed by atoms with Crippen molar-refractivity contribution in [1.29, 1.82) is 0 Å². The summed E-state index contributed by atoms with van der Waals surface area (Å²) in [6, 6.07) is 8.56. The lowest BCUT2D eigenvalue weighted by Gasteiger charge is -2.13. The van der Waals surface area contributed by atoms with Gasteiger partial charge in [0.15, 0.2) is 23.1 Å². The lowest BCUT2D eigenvalue weighted by molar-refractivity contribution is 0.211. The summed E-state index contributed by atoms with van der Waals surface area (Å²) in [5, 5.41) is 6.37. The van der Waals surface area contributed by atoms with Gasteiger partial charge in [0, 0.05) is 36.5 Å². The molecule has 1 amide bonds. The number of nitrogens with one attached hydrogen (secondary N) is 2. The third kappa shape index (κ3) is 4.88. The number of halogens is 1. The fraction of sp³-hybridized carbons (Fsp3) is 0.136. The van der Waals surface area contributed by atoms with E-state index in [-0.39, 0.29) is 11.4 Å². The Balaban J connectivity index is 1.53. The van der Waals surface area contributed by atoms with E-state index in [1.807, 2.05) is 4.98 Å². The van der Waals surface area contributed by atoms with E-state index < -0.39 is 29.0 Å². The van der Waals surface area contributed by atoms with Crippen molar-refractivity contribution >= 4 is 22.7 Å². The maximum atomic E-state index is 14.8. The van der Waals surface area contributed by atoms with Gasteiger partial charge < -0.3 is 18.9 Å². The maximum absolute atomic E-state index is 14.8. The molecule has 0 aliphatic rings. The summed E-state index contributed by atoms with van der Waals surface area (Å²) >= 11 is 0. The van der Waals surface area contributed by atoms with Crippen molar-refractivity contribution in [2.45, 2.75) is 0 Å². The third-order valence-electron chi connectivity index (χ3n) is 4.74. The Morgan fingerprint density at radius 1 is 1.03 bits per heavy atom. The van der Waals surface area contributed by atoms with Gasteiger partial charge >= 0.3 is 23.2 Å². The number of nitrogens with zero attached hydrogens (tertiary/aromatic N) is 3. The molecule has 12 nitrogen and oxygen atoms in total. The van der Waals surface area contributed by atoms with Gasteiger partial charge in [-0.3, -0.25) is 20.1 Å². The summed E-state index contributed by atoms with van der Waals surface area (Å²) in [6.45, 7) is 0. The topological polar surface area (TPSA) is 147 Å². The lowest BCUT2D eigenvalue weighted by atomic mass is 10.2. The highest BCUT2D eigenvalue weighted by Crippen LogP contribution is 2.37. The van der Waals surface area contributed by atoms with Crippen LogP contribution in [0, 0.1) is 5.82 Å². The van der Waals surface area contributed by atoms with Crippen molar-refractivity contribution in [3.63, 3.8) is 0 Å². The second kappa shape index (κ2) is 9.51. The number of hydrogen-bond acceptors (Lipinski definition) is 9. The number of anilines is 1. The summed E-state index contributed by atoms with van der Waals surface area (Å²) in [5.74, 6) is -0.318. The Morgan fingerprint density at radius 2 is 1.77 bits per heavy atom. The van der Waals surface area contributed by atoms with Crippen LogP contribution in [0.25, 0.3) is 10.9 Å². The van der Waals surface area contributed by atoms with Gasteiger partial charge in [-0.1, -0.05) is 0 Å². The number of amides is 1. The van der Waals surface area contributed by atoms with Gasteiger partial charge in [-0.25, -0.2) is 18.7 Å². The van der Waals surface area contributed by atoms with Crippen LogP contribution in [0.2, 0.25) is 0 Å². The molecule has 2 aromatic carbocycles. The van der Waals surface area contributed by atoms with E-state index in [9.17, 15) is 18.8 Å². The van der Waals surface area contributed by atoms with Gasteiger partial charge in [0.25, 0.3) is 0 Å². The van der Waals surface area contributed by atoms with Crippen LogP contribution in [0.5, 0.6) is 28.9 Å². The van der Waals surface area contributed by atoms with Crippen LogP contribution in [0.15, 0.2) is 52.2 Å². The number of aromatic amines is 1. The normalized spacial score (nSPS) is 10.6. The first-order valence-corrected chi connectivity index (χ1v) is 9.93. The number of aryl methyl sites for hydroxylation is 1. The number of rotatable bonds is 6. The Bertz CT molecular complexity index is 1550. The highest BCUT2D eigenvalue weighted by molar-refractivity contribution is 5.88. The van der Waals surface area contributed by atoms with E-state index in [2.05, 4.69) is 15.4 Å². The molecule has 0 spiro atoms. The van der Waals surface area contributed by atoms with Gasteiger partial charge in [0.05, 0.1) is 19.7 Å². The minimum Gasteiger partial charge on any atom is -0.493 e. The molecular weight excluding hydrogens is 465 g/mol. The van der Waals surface area contributed by atoms with Crippen LogP contribution in [-0.4, -0.2) is 40.1 Å². The molecule has 2 heterocycles. The zero-order valence-corrected chi connectivity index (χ0v) is 18.6. The molecule has 2 aromatic heterocycles. The average molecular weight is 483 g/mol. The molecule has 0 aliphatic heterocycles. The van der Waals surface area contributed by atoms with E-state index in [0.717, 1.165) is 10.7 Å². The van der Waals surface area contributed by atoms with Crippen molar-refractivity contribution in [1.82, 2.24) is 19.7 Å². The third-order valence-corrected chi connectivity index (χ3v) is 4.74. The first-order valence-electron chi connectivity index (χ1n) is 9.93. The van der Waals surface area contributed by atoms with Gasteiger partial charge in [-0.05, 0) is 24.3 Å². The molecule has 0 saturated heterocycles. The number of benzene rings is 2. The molecule has 0 saturated carbocycles. The van der Waals surface area contributed by atoms with Crippen LogP contribution in [0.3, 0.4) is 0 Å². The SMILES string of the molecule is COc1cc2nccc(Oc3ccc(NC(=O)Oc4nn(C)c(=O)[nH]c4=O)cc3F)c2cc1OC. The number of ether oxygens (including phenoxy) is 4. The number of H-pyrrole nitrogens is 1. The van der Waals surface area contributed by atoms with Crippen LogP contribution in [0.4, 0.5) is 14.9 Å². The molecule has 35 heavy (non-hydrogen) atoms. The largest absolute Gasteiger partial charge is 0.493 e. The Labute approximate surface area is 195 Å². The monoisotopic (exact) mass is 483 g/mol. The summed E-state index contributed by atoms with van der Waals surface area (Å²) in [5.41, 5.74) is -1.20. The van der Waals surface area contributed by atoms with Gasteiger partial charge in [-0.2, -0.15) is 0 Å². The molecule has 0 bridgehead atoms. The molecular formula is C22H18FN5O7. The lowest BCUT2D eigenvalue weighted by Crippen LogP contribution is -2.33. The van der Waals surface area contributed by atoms with E-state index in [1.165, 1.54) is 39.6 Å². The maximum Gasteiger partial charge on any atom is 0.418 e. The van der Waals surface area contributed by atoms with E-state index >= 15 is 0 Å². The number of methoxy groups -OCH3 is 2. The standard InChI is InChI=1S/C22H18FN5O7/c1-28-21(30)26-19(29)20(27-28)35-22(31)25-11-4-5-16(13(23)8-11)34-15-6-7-24-14-10-18(33-3)17(32-2)9-12(14)15/h4-10H,1-3H3,(H,25,31)(H,26,29,30). The number of carbonyl (C=O) groups excluding carboxylic acids is 1. The minimum absolute atomic E-state index is 0.0205.